The van der Waals surface area contributed by atoms with Crippen LogP contribution in [0, 0.1) is 19.8 Å². The predicted molar refractivity (Wildman–Crippen MR) is 132 cm³/mol. The number of aryl methyl sites for hydroxylation is 2. The number of carbonyl (C=O) groups is 1. The van der Waals surface area contributed by atoms with Crippen molar-refractivity contribution in [1.29, 1.82) is 0 Å². The third-order valence-electron chi connectivity index (χ3n) is 6.79. The number of carboxylic acids is 1. The molecule has 1 atom stereocenters. The summed E-state index contributed by atoms with van der Waals surface area (Å²) in [4.78, 5) is 21.0. The van der Waals surface area contributed by atoms with Crippen molar-refractivity contribution in [1.82, 2.24) is 19.7 Å². The first-order chi connectivity index (χ1) is 17.0. The van der Waals surface area contributed by atoms with Gasteiger partial charge in [0.05, 0.1) is 34.0 Å². The van der Waals surface area contributed by atoms with Gasteiger partial charge in [-0.25, -0.2) is 4.79 Å². The summed E-state index contributed by atoms with van der Waals surface area (Å²) < 4.78 is 7.72. The molecule has 1 saturated carbocycles. The van der Waals surface area contributed by atoms with E-state index in [4.69, 9.17) is 14.5 Å². The van der Waals surface area contributed by atoms with Crippen molar-refractivity contribution < 1.29 is 14.4 Å². The van der Waals surface area contributed by atoms with Gasteiger partial charge in [0, 0.05) is 35.3 Å². The number of benzene rings is 1. The van der Waals surface area contributed by atoms with Crippen molar-refractivity contribution in [3.05, 3.63) is 89.8 Å². The van der Waals surface area contributed by atoms with E-state index in [0.29, 0.717) is 5.92 Å². The molecule has 0 amide bonds. The lowest BCUT2D eigenvalue weighted by Gasteiger charge is -2.19. The van der Waals surface area contributed by atoms with Crippen molar-refractivity contribution in [2.24, 2.45) is 5.92 Å². The molecule has 0 radical (unpaired) electrons. The average molecular weight is 465 g/mol. The van der Waals surface area contributed by atoms with Crippen LogP contribution in [0.4, 0.5) is 0 Å². The number of pyridine rings is 2. The maximum atomic E-state index is 11.4. The summed E-state index contributed by atoms with van der Waals surface area (Å²) >= 11 is 0. The van der Waals surface area contributed by atoms with Crippen LogP contribution in [0.1, 0.15) is 46.4 Å². The molecule has 5 aromatic rings. The fourth-order valence-electron chi connectivity index (χ4n) is 4.97. The highest BCUT2D eigenvalue weighted by Gasteiger charge is 2.35. The number of aromatic nitrogens is 4. The van der Waals surface area contributed by atoms with Gasteiger partial charge in [-0.05, 0) is 68.5 Å². The Kier molecular flexibility index (Phi) is 4.99. The first-order valence-electron chi connectivity index (χ1n) is 11.7. The lowest BCUT2D eigenvalue weighted by Crippen LogP contribution is -2.13. The van der Waals surface area contributed by atoms with Crippen molar-refractivity contribution in [3.63, 3.8) is 0 Å². The van der Waals surface area contributed by atoms with Crippen LogP contribution in [-0.2, 0) is 0 Å². The van der Waals surface area contributed by atoms with E-state index >= 15 is 0 Å². The van der Waals surface area contributed by atoms with Crippen LogP contribution >= 0.6 is 0 Å². The van der Waals surface area contributed by atoms with Gasteiger partial charge in [0.15, 0.2) is 0 Å². The van der Waals surface area contributed by atoms with Crippen LogP contribution in [0.25, 0.3) is 33.3 Å². The maximum Gasteiger partial charge on any atom is 0.335 e. The Labute approximate surface area is 202 Å². The van der Waals surface area contributed by atoms with Crippen LogP contribution in [-0.4, -0.2) is 30.8 Å². The number of hydrogen-bond donors (Lipinski definition) is 1. The van der Waals surface area contributed by atoms with E-state index in [1.165, 1.54) is 0 Å². The van der Waals surface area contributed by atoms with Gasteiger partial charge in [-0.1, -0.05) is 23.4 Å². The molecule has 1 aliphatic carbocycles. The van der Waals surface area contributed by atoms with Crippen molar-refractivity contribution in [2.45, 2.75) is 32.7 Å². The number of fused-ring (bicyclic) bond motifs is 1. The van der Waals surface area contributed by atoms with Gasteiger partial charge in [-0.3, -0.25) is 9.97 Å². The molecular formula is C28H24N4O3. The Morgan fingerprint density at radius 2 is 1.89 bits per heavy atom. The van der Waals surface area contributed by atoms with E-state index in [1.807, 2.05) is 50.5 Å². The smallest absolute Gasteiger partial charge is 0.335 e. The van der Waals surface area contributed by atoms with Gasteiger partial charge in [0.1, 0.15) is 5.76 Å². The summed E-state index contributed by atoms with van der Waals surface area (Å²) in [5.41, 5.74) is 7.78. The second kappa shape index (κ2) is 8.20. The minimum Gasteiger partial charge on any atom is -0.478 e. The molecule has 1 fully saturated rings. The fraction of sp³-hybridized carbons (Fsp3) is 0.214. The standard InChI is InChI=1S/C28H24N4O3/c1-16-25(17(2)35-31-16)21-13-24-26(30-14-21)22(18-6-10-20(11-7-18)28(33)34)15-32(24)27(19-8-9-19)23-5-3-4-12-29-23/h3-7,10-15,19,27H,8-9H2,1-2H3,(H,33,34)/t27-/m0/s1. The zero-order valence-corrected chi connectivity index (χ0v) is 19.5. The van der Waals surface area contributed by atoms with E-state index in [9.17, 15) is 9.90 Å². The summed E-state index contributed by atoms with van der Waals surface area (Å²) in [6.07, 6.45) is 8.15. The van der Waals surface area contributed by atoms with Gasteiger partial charge in [0.25, 0.3) is 0 Å². The molecule has 7 nitrogen and oxygen atoms in total. The van der Waals surface area contributed by atoms with Crippen LogP contribution in [0.5, 0.6) is 0 Å². The molecule has 0 bridgehead atoms. The molecule has 174 valence electrons. The van der Waals surface area contributed by atoms with Crippen molar-refractivity contribution >= 4 is 17.0 Å². The van der Waals surface area contributed by atoms with Crippen LogP contribution < -0.4 is 0 Å². The SMILES string of the molecule is Cc1noc(C)c1-c1cnc2c(-c3ccc(C(=O)O)cc3)cn([C@H](c3ccccn3)C3CC3)c2c1. The summed E-state index contributed by atoms with van der Waals surface area (Å²) in [5, 5.41) is 13.4. The van der Waals surface area contributed by atoms with E-state index in [-0.39, 0.29) is 11.6 Å². The summed E-state index contributed by atoms with van der Waals surface area (Å²) in [7, 11) is 0. The second-order valence-electron chi connectivity index (χ2n) is 9.16. The lowest BCUT2D eigenvalue weighted by molar-refractivity contribution is 0.0697. The highest BCUT2D eigenvalue weighted by Crippen LogP contribution is 2.46. The third-order valence-corrected chi connectivity index (χ3v) is 6.79. The number of nitrogens with zero attached hydrogens (tertiary/aromatic N) is 4. The summed E-state index contributed by atoms with van der Waals surface area (Å²) in [6, 6.07) is 15.3. The van der Waals surface area contributed by atoms with E-state index in [1.54, 1.807) is 12.1 Å². The molecule has 0 saturated heterocycles. The largest absolute Gasteiger partial charge is 0.478 e. The molecule has 0 spiro atoms. The highest BCUT2D eigenvalue weighted by atomic mass is 16.5. The first-order valence-corrected chi connectivity index (χ1v) is 11.7. The van der Waals surface area contributed by atoms with Crippen molar-refractivity contribution in [2.75, 3.05) is 0 Å². The molecule has 0 unspecified atom stereocenters. The van der Waals surface area contributed by atoms with Crippen molar-refractivity contribution in [3.8, 4) is 22.3 Å². The minimum absolute atomic E-state index is 0.0902. The molecule has 1 N–H and O–H groups in total. The number of aromatic carboxylic acids is 1. The Bertz CT molecular complexity index is 1530. The van der Waals surface area contributed by atoms with Gasteiger partial charge < -0.3 is 14.2 Å². The predicted octanol–water partition coefficient (Wildman–Crippen LogP) is 6.07. The molecule has 4 heterocycles. The van der Waals surface area contributed by atoms with Gasteiger partial charge in [0.2, 0.25) is 0 Å². The highest BCUT2D eigenvalue weighted by molar-refractivity contribution is 5.96. The molecular weight excluding hydrogens is 440 g/mol. The maximum absolute atomic E-state index is 11.4. The average Bonchev–Trinajstić information content (AvgIpc) is 3.56. The number of carboxylic acid groups (broad SMARTS) is 1. The Morgan fingerprint density at radius 3 is 2.51 bits per heavy atom. The lowest BCUT2D eigenvalue weighted by atomic mass is 10.0. The van der Waals surface area contributed by atoms with E-state index < -0.39 is 5.97 Å². The van der Waals surface area contributed by atoms with E-state index in [0.717, 1.165) is 63.3 Å². The number of hydrogen-bond acceptors (Lipinski definition) is 5. The zero-order chi connectivity index (χ0) is 24.1. The third kappa shape index (κ3) is 3.69. The zero-order valence-electron chi connectivity index (χ0n) is 19.5. The molecule has 35 heavy (non-hydrogen) atoms. The molecule has 1 aromatic carbocycles. The fourth-order valence-corrected chi connectivity index (χ4v) is 4.97. The molecule has 0 aliphatic heterocycles. The summed E-state index contributed by atoms with van der Waals surface area (Å²) in [6.45, 7) is 3.85. The molecule has 4 aromatic heterocycles. The van der Waals surface area contributed by atoms with E-state index in [2.05, 4.69) is 28.1 Å². The van der Waals surface area contributed by atoms with Crippen LogP contribution in [0.15, 0.2) is 71.6 Å². The van der Waals surface area contributed by atoms with Gasteiger partial charge >= 0.3 is 5.97 Å². The quantitative estimate of drug-likeness (QED) is 0.328. The first kappa shape index (κ1) is 21.3. The minimum atomic E-state index is -0.940. The monoisotopic (exact) mass is 464 g/mol. The second-order valence-corrected chi connectivity index (χ2v) is 9.16. The molecule has 1 aliphatic rings. The Balaban J connectivity index is 1.58. The number of rotatable bonds is 6. The molecule has 6 rings (SSSR count). The van der Waals surface area contributed by atoms with Crippen LogP contribution in [0.2, 0.25) is 0 Å². The normalized spacial score (nSPS) is 14.3. The molecule has 7 heteroatoms. The summed E-state index contributed by atoms with van der Waals surface area (Å²) in [5.74, 6) is 0.324. The van der Waals surface area contributed by atoms with Gasteiger partial charge in [-0.15, -0.1) is 0 Å². The van der Waals surface area contributed by atoms with Gasteiger partial charge in [-0.2, -0.15) is 0 Å². The Hall–Kier alpha value is -4.26. The topological polar surface area (TPSA) is 94.0 Å². The Morgan fingerprint density at radius 1 is 1.09 bits per heavy atom. The van der Waals surface area contributed by atoms with Crippen LogP contribution in [0.3, 0.4) is 0 Å².